The van der Waals surface area contributed by atoms with Gasteiger partial charge in [-0.3, -0.25) is 4.79 Å². The molecule has 3 nitrogen and oxygen atoms in total. The molecule has 0 aliphatic heterocycles. The predicted octanol–water partition coefficient (Wildman–Crippen LogP) is 1.72. The van der Waals surface area contributed by atoms with Crippen LogP contribution in [0.25, 0.3) is 0 Å². The standard InChI is InChI=1S/C11H11NO2/c1-14-11-5-3-2-4-9(11)6-7-10(13)8-12/h2-5H,6-7H2,1H3. The van der Waals surface area contributed by atoms with Gasteiger partial charge in [0, 0.05) is 6.42 Å². The normalized spacial score (nSPS) is 9.14. The smallest absolute Gasteiger partial charge is 0.232 e. The van der Waals surface area contributed by atoms with Gasteiger partial charge in [0.1, 0.15) is 11.8 Å². The lowest BCUT2D eigenvalue weighted by molar-refractivity contribution is -0.113. The van der Waals surface area contributed by atoms with Gasteiger partial charge >= 0.3 is 0 Å². The summed E-state index contributed by atoms with van der Waals surface area (Å²) in [6.07, 6.45) is 0.799. The first-order chi connectivity index (χ1) is 6.77. The second-order valence-corrected chi connectivity index (χ2v) is 2.85. The van der Waals surface area contributed by atoms with Gasteiger partial charge in [0.25, 0.3) is 0 Å². The van der Waals surface area contributed by atoms with Gasteiger partial charge in [-0.25, -0.2) is 0 Å². The van der Waals surface area contributed by atoms with Crippen LogP contribution in [0.3, 0.4) is 0 Å². The Bertz CT molecular complexity index is 366. The van der Waals surface area contributed by atoms with Crippen LogP contribution in [-0.4, -0.2) is 12.9 Å². The second kappa shape index (κ2) is 5.03. The number of rotatable bonds is 4. The van der Waals surface area contributed by atoms with Gasteiger partial charge in [-0.1, -0.05) is 18.2 Å². The monoisotopic (exact) mass is 189 g/mol. The van der Waals surface area contributed by atoms with Gasteiger partial charge in [-0.15, -0.1) is 0 Å². The summed E-state index contributed by atoms with van der Waals surface area (Å²) in [5.41, 5.74) is 0.957. The van der Waals surface area contributed by atoms with Crippen molar-refractivity contribution < 1.29 is 9.53 Å². The molecule has 0 aliphatic rings. The molecular weight excluding hydrogens is 178 g/mol. The third-order valence-corrected chi connectivity index (χ3v) is 1.94. The number of para-hydroxylation sites is 1. The number of ketones is 1. The van der Waals surface area contributed by atoms with E-state index in [0.29, 0.717) is 6.42 Å². The van der Waals surface area contributed by atoms with Crippen LogP contribution in [0.4, 0.5) is 0 Å². The molecule has 3 heteroatoms. The molecule has 1 aromatic carbocycles. The Morgan fingerprint density at radius 3 is 2.86 bits per heavy atom. The first-order valence-corrected chi connectivity index (χ1v) is 4.32. The number of Topliss-reactive ketones (excluding diaryl/α,β-unsaturated/α-hetero) is 1. The van der Waals surface area contributed by atoms with Crippen LogP contribution in [0.5, 0.6) is 5.75 Å². The van der Waals surface area contributed by atoms with Crippen LogP contribution in [0.15, 0.2) is 24.3 Å². The molecule has 0 heterocycles. The summed E-state index contributed by atoms with van der Waals surface area (Å²) in [7, 11) is 1.59. The molecule has 72 valence electrons. The van der Waals surface area contributed by atoms with E-state index in [4.69, 9.17) is 10.00 Å². The summed E-state index contributed by atoms with van der Waals surface area (Å²) in [6, 6.07) is 9.08. The number of ether oxygens (including phenoxy) is 1. The van der Waals surface area contributed by atoms with Crippen LogP contribution in [-0.2, 0) is 11.2 Å². The van der Waals surface area contributed by atoms with Gasteiger partial charge in [0.2, 0.25) is 5.78 Å². The third kappa shape index (κ3) is 2.60. The number of hydrogen-bond donors (Lipinski definition) is 0. The summed E-state index contributed by atoms with van der Waals surface area (Å²) in [6.45, 7) is 0. The number of aryl methyl sites for hydroxylation is 1. The molecule has 0 aliphatic carbocycles. The molecule has 14 heavy (non-hydrogen) atoms. The molecule has 0 aromatic heterocycles. The fourth-order valence-electron chi connectivity index (χ4n) is 1.21. The van der Waals surface area contributed by atoms with E-state index < -0.39 is 5.78 Å². The quantitative estimate of drug-likeness (QED) is 0.677. The van der Waals surface area contributed by atoms with E-state index in [1.165, 1.54) is 0 Å². The molecular formula is C11H11NO2. The van der Waals surface area contributed by atoms with E-state index in [1.54, 1.807) is 13.2 Å². The highest BCUT2D eigenvalue weighted by atomic mass is 16.5. The maximum atomic E-state index is 10.8. The largest absolute Gasteiger partial charge is 0.496 e. The first-order valence-electron chi connectivity index (χ1n) is 4.32. The fourth-order valence-corrected chi connectivity index (χ4v) is 1.21. The fraction of sp³-hybridized carbons (Fsp3) is 0.273. The van der Waals surface area contributed by atoms with Crippen molar-refractivity contribution in [3.63, 3.8) is 0 Å². The van der Waals surface area contributed by atoms with Crippen molar-refractivity contribution in [1.82, 2.24) is 0 Å². The molecule has 1 aromatic rings. The Kier molecular flexibility index (Phi) is 3.69. The minimum absolute atomic E-state index is 0.247. The number of carbonyl (C=O) groups excluding carboxylic acids is 1. The lowest BCUT2D eigenvalue weighted by Gasteiger charge is -2.05. The minimum atomic E-state index is -0.393. The molecule has 0 saturated carbocycles. The highest BCUT2D eigenvalue weighted by Gasteiger charge is 2.04. The zero-order valence-electron chi connectivity index (χ0n) is 7.99. The Morgan fingerprint density at radius 2 is 2.21 bits per heavy atom. The van der Waals surface area contributed by atoms with Crippen LogP contribution < -0.4 is 4.74 Å². The van der Waals surface area contributed by atoms with Crippen molar-refractivity contribution in [2.75, 3.05) is 7.11 Å². The molecule has 0 fully saturated rings. The average molecular weight is 189 g/mol. The molecule has 0 radical (unpaired) electrons. The van der Waals surface area contributed by atoms with Gasteiger partial charge < -0.3 is 4.74 Å². The van der Waals surface area contributed by atoms with E-state index in [2.05, 4.69) is 0 Å². The molecule has 1 rings (SSSR count). The second-order valence-electron chi connectivity index (χ2n) is 2.85. The summed E-state index contributed by atoms with van der Waals surface area (Å²) in [4.78, 5) is 10.8. The van der Waals surface area contributed by atoms with Crippen LogP contribution in [0, 0.1) is 11.3 Å². The number of methoxy groups -OCH3 is 1. The lowest BCUT2D eigenvalue weighted by atomic mass is 10.1. The van der Waals surface area contributed by atoms with Crippen LogP contribution in [0.1, 0.15) is 12.0 Å². The molecule has 0 unspecified atom stereocenters. The number of nitrogens with zero attached hydrogens (tertiary/aromatic N) is 1. The van der Waals surface area contributed by atoms with Gasteiger partial charge in [0.05, 0.1) is 7.11 Å². The van der Waals surface area contributed by atoms with Gasteiger partial charge in [0.15, 0.2) is 0 Å². The highest BCUT2D eigenvalue weighted by molar-refractivity contribution is 5.93. The molecule has 0 spiro atoms. The Hall–Kier alpha value is -1.82. The SMILES string of the molecule is COc1ccccc1CCC(=O)C#N. The predicted molar refractivity (Wildman–Crippen MR) is 51.9 cm³/mol. The summed E-state index contributed by atoms with van der Waals surface area (Å²) in [5, 5.41) is 8.31. The summed E-state index contributed by atoms with van der Waals surface area (Å²) in [5.74, 6) is 0.370. The van der Waals surface area contributed by atoms with Crippen molar-refractivity contribution >= 4 is 5.78 Å². The summed E-state index contributed by atoms with van der Waals surface area (Å²) < 4.78 is 5.12. The Balaban J connectivity index is 2.67. The molecule has 0 atom stereocenters. The molecule has 0 bridgehead atoms. The molecule has 0 saturated heterocycles. The number of nitriles is 1. The van der Waals surface area contributed by atoms with Gasteiger partial charge in [-0.05, 0) is 18.1 Å². The molecule has 0 amide bonds. The first kappa shape index (κ1) is 10.3. The number of carbonyl (C=O) groups is 1. The molecule has 0 N–H and O–H groups in total. The summed E-state index contributed by atoms with van der Waals surface area (Å²) >= 11 is 0. The van der Waals surface area contributed by atoms with E-state index >= 15 is 0 Å². The van der Waals surface area contributed by atoms with Crippen molar-refractivity contribution in [3.8, 4) is 11.8 Å². The third-order valence-electron chi connectivity index (χ3n) is 1.94. The Morgan fingerprint density at radius 1 is 1.50 bits per heavy atom. The van der Waals surface area contributed by atoms with Crippen LogP contribution >= 0.6 is 0 Å². The topological polar surface area (TPSA) is 50.1 Å². The van der Waals surface area contributed by atoms with E-state index in [-0.39, 0.29) is 6.42 Å². The number of hydrogen-bond acceptors (Lipinski definition) is 3. The van der Waals surface area contributed by atoms with E-state index in [9.17, 15) is 4.79 Å². The minimum Gasteiger partial charge on any atom is -0.496 e. The van der Waals surface area contributed by atoms with Crippen molar-refractivity contribution in [2.24, 2.45) is 0 Å². The maximum Gasteiger partial charge on any atom is 0.232 e. The van der Waals surface area contributed by atoms with Crippen LogP contribution in [0.2, 0.25) is 0 Å². The highest BCUT2D eigenvalue weighted by Crippen LogP contribution is 2.18. The van der Waals surface area contributed by atoms with E-state index in [1.807, 2.05) is 24.3 Å². The lowest BCUT2D eigenvalue weighted by Crippen LogP contribution is -1.98. The van der Waals surface area contributed by atoms with Gasteiger partial charge in [-0.2, -0.15) is 5.26 Å². The van der Waals surface area contributed by atoms with E-state index in [0.717, 1.165) is 11.3 Å². The van der Waals surface area contributed by atoms with Crippen molar-refractivity contribution in [3.05, 3.63) is 29.8 Å². The zero-order valence-corrected chi connectivity index (χ0v) is 7.99. The average Bonchev–Trinajstić information content (AvgIpc) is 2.26. The Labute approximate surface area is 82.9 Å². The maximum absolute atomic E-state index is 10.8. The van der Waals surface area contributed by atoms with Crippen molar-refractivity contribution in [1.29, 1.82) is 5.26 Å². The zero-order chi connectivity index (χ0) is 10.4. The van der Waals surface area contributed by atoms with Crippen molar-refractivity contribution in [2.45, 2.75) is 12.8 Å². The number of benzene rings is 1.